The number of benzene rings is 2. The van der Waals surface area contributed by atoms with Crippen molar-refractivity contribution < 1.29 is 4.79 Å². The van der Waals surface area contributed by atoms with Crippen molar-refractivity contribution in [1.82, 2.24) is 19.4 Å². The minimum absolute atomic E-state index is 0.0138. The number of piperidine rings is 1. The van der Waals surface area contributed by atoms with E-state index in [0.717, 1.165) is 69.1 Å². The Morgan fingerprint density at radius 3 is 2.42 bits per heavy atom. The molecule has 2 aromatic heterocycles. The lowest BCUT2D eigenvalue weighted by atomic mass is 9.79. The van der Waals surface area contributed by atoms with Gasteiger partial charge in [-0.3, -0.25) is 19.5 Å². The second-order valence-corrected chi connectivity index (χ2v) is 12.6. The fourth-order valence-corrected chi connectivity index (χ4v) is 7.38. The van der Waals surface area contributed by atoms with E-state index < -0.39 is 0 Å². The van der Waals surface area contributed by atoms with Crippen molar-refractivity contribution in [2.75, 3.05) is 19.6 Å². The summed E-state index contributed by atoms with van der Waals surface area (Å²) < 4.78 is 1.74. The first-order valence-corrected chi connectivity index (χ1v) is 16.1. The highest BCUT2D eigenvalue weighted by Crippen LogP contribution is 2.35. The number of para-hydroxylation sites is 1. The van der Waals surface area contributed by atoms with Crippen LogP contribution in [0.3, 0.4) is 0 Å². The summed E-state index contributed by atoms with van der Waals surface area (Å²) in [6, 6.07) is 24.9. The number of amides is 1. The zero-order chi connectivity index (χ0) is 29.6. The van der Waals surface area contributed by atoms with Gasteiger partial charge in [0.25, 0.3) is 5.56 Å². The molecule has 1 saturated carbocycles. The molecule has 43 heavy (non-hydrogen) atoms. The van der Waals surface area contributed by atoms with Crippen LogP contribution in [0.1, 0.15) is 67.6 Å². The predicted molar refractivity (Wildman–Crippen MR) is 173 cm³/mol. The van der Waals surface area contributed by atoms with Crippen molar-refractivity contribution in [3.05, 3.63) is 112 Å². The molecule has 0 N–H and O–H groups in total. The largest absolute Gasteiger partial charge is 0.337 e. The highest BCUT2D eigenvalue weighted by Gasteiger charge is 2.33. The minimum atomic E-state index is -0.0138. The predicted octanol–water partition coefficient (Wildman–Crippen LogP) is 6.54. The van der Waals surface area contributed by atoms with Crippen molar-refractivity contribution in [1.29, 1.82) is 0 Å². The van der Waals surface area contributed by atoms with E-state index >= 15 is 0 Å². The van der Waals surface area contributed by atoms with Crippen molar-refractivity contribution in [2.24, 2.45) is 18.9 Å². The molecule has 2 aliphatic rings. The van der Waals surface area contributed by atoms with Gasteiger partial charge in [-0.15, -0.1) is 0 Å². The van der Waals surface area contributed by atoms with Crippen LogP contribution >= 0.6 is 0 Å². The maximum atomic E-state index is 14.3. The Morgan fingerprint density at radius 2 is 1.67 bits per heavy atom. The Hall–Kier alpha value is -3.77. The van der Waals surface area contributed by atoms with Gasteiger partial charge in [0.2, 0.25) is 5.91 Å². The van der Waals surface area contributed by atoms with Crippen LogP contribution in [0.15, 0.2) is 90.0 Å². The first kappa shape index (κ1) is 29.3. The van der Waals surface area contributed by atoms with Crippen LogP contribution in [0, 0.1) is 11.8 Å². The maximum Gasteiger partial charge on any atom is 0.255 e. The monoisotopic (exact) mass is 576 g/mol. The molecule has 1 atom stereocenters. The van der Waals surface area contributed by atoms with Crippen LogP contribution in [0.2, 0.25) is 0 Å². The van der Waals surface area contributed by atoms with Gasteiger partial charge < -0.3 is 9.47 Å². The summed E-state index contributed by atoms with van der Waals surface area (Å²) in [7, 11) is 1.84. The number of fused-ring (bicyclic) bond motifs is 1. The van der Waals surface area contributed by atoms with Crippen LogP contribution in [0.25, 0.3) is 10.9 Å². The van der Waals surface area contributed by atoms with Gasteiger partial charge in [-0.05, 0) is 79.4 Å². The number of aromatic nitrogens is 2. The van der Waals surface area contributed by atoms with Crippen LogP contribution < -0.4 is 5.56 Å². The summed E-state index contributed by atoms with van der Waals surface area (Å²) in [6.07, 6.45) is 11.3. The normalized spacial score (nSPS) is 17.6. The first-order chi connectivity index (χ1) is 21.1. The van der Waals surface area contributed by atoms with Gasteiger partial charge >= 0.3 is 0 Å². The SMILES string of the molecule is Cn1c(=O)c(CN(CC(c2ccccc2)C2CCN(Cc3cccnc3)CC2)C(=O)C2CCCCC2)cc2ccccc21. The van der Waals surface area contributed by atoms with Gasteiger partial charge in [-0.1, -0.05) is 73.9 Å². The van der Waals surface area contributed by atoms with Crippen molar-refractivity contribution in [3.8, 4) is 0 Å². The third-order valence-corrected chi connectivity index (χ3v) is 9.81. The number of likely N-dealkylation sites (tertiary alicyclic amines) is 1. The van der Waals surface area contributed by atoms with E-state index in [1.165, 1.54) is 17.5 Å². The second kappa shape index (κ2) is 13.7. The molecular formula is C37H44N4O2. The van der Waals surface area contributed by atoms with E-state index in [1.54, 1.807) is 4.57 Å². The van der Waals surface area contributed by atoms with Gasteiger partial charge in [0.15, 0.2) is 0 Å². The number of pyridine rings is 2. The average molecular weight is 577 g/mol. The van der Waals surface area contributed by atoms with Gasteiger partial charge in [0.05, 0.1) is 12.1 Å². The molecule has 1 saturated heterocycles. The molecule has 1 aliphatic carbocycles. The Bertz CT molecular complexity index is 1550. The summed E-state index contributed by atoms with van der Waals surface area (Å²) in [6.45, 7) is 3.99. The Balaban J connectivity index is 1.28. The summed E-state index contributed by atoms with van der Waals surface area (Å²) in [4.78, 5) is 36.7. The second-order valence-electron chi connectivity index (χ2n) is 12.6. The fraction of sp³-hybridized carbons (Fsp3) is 0.432. The molecule has 6 heteroatoms. The van der Waals surface area contributed by atoms with E-state index in [4.69, 9.17) is 0 Å². The van der Waals surface area contributed by atoms with Crippen molar-refractivity contribution >= 4 is 16.8 Å². The summed E-state index contributed by atoms with van der Waals surface area (Å²) in [5.74, 6) is 0.966. The number of carbonyl (C=O) groups is 1. The highest BCUT2D eigenvalue weighted by atomic mass is 16.2. The molecule has 6 rings (SSSR count). The lowest BCUT2D eigenvalue weighted by molar-refractivity contribution is -0.137. The van der Waals surface area contributed by atoms with E-state index in [-0.39, 0.29) is 23.3 Å². The van der Waals surface area contributed by atoms with E-state index in [2.05, 4.69) is 57.2 Å². The molecule has 3 heterocycles. The summed E-state index contributed by atoms with van der Waals surface area (Å²) in [5.41, 5.74) is 4.15. The highest BCUT2D eigenvalue weighted by molar-refractivity contribution is 5.81. The smallest absolute Gasteiger partial charge is 0.255 e. The Kier molecular flexibility index (Phi) is 9.33. The number of carbonyl (C=O) groups excluding carboxylic acids is 1. The van der Waals surface area contributed by atoms with Crippen LogP contribution in [0.4, 0.5) is 0 Å². The number of hydrogen-bond acceptors (Lipinski definition) is 4. The third-order valence-electron chi connectivity index (χ3n) is 9.81. The molecule has 4 aromatic rings. The fourth-order valence-electron chi connectivity index (χ4n) is 7.38. The summed E-state index contributed by atoms with van der Waals surface area (Å²) in [5, 5.41) is 1.03. The molecule has 1 unspecified atom stereocenters. The number of rotatable bonds is 9. The molecular weight excluding hydrogens is 532 g/mol. The molecule has 0 radical (unpaired) electrons. The average Bonchev–Trinajstić information content (AvgIpc) is 3.06. The topological polar surface area (TPSA) is 58.4 Å². The van der Waals surface area contributed by atoms with Gasteiger partial charge in [-0.2, -0.15) is 0 Å². The Labute approximate surface area is 255 Å². The van der Waals surface area contributed by atoms with E-state index in [9.17, 15) is 9.59 Å². The zero-order valence-corrected chi connectivity index (χ0v) is 25.4. The van der Waals surface area contributed by atoms with Crippen molar-refractivity contribution in [3.63, 3.8) is 0 Å². The molecule has 1 aliphatic heterocycles. The molecule has 0 spiro atoms. The zero-order valence-electron chi connectivity index (χ0n) is 25.4. The van der Waals surface area contributed by atoms with E-state index in [1.807, 2.05) is 49.8 Å². The van der Waals surface area contributed by atoms with E-state index in [0.29, 0.717) is 24.6 Å². The molecule has 224 valence electrons. The summed E-state index contributed by atoms with van der Waals surface area (Å²) >= 11 is 0. The minimum Gasteiger partial charge on any atom is -0.337 e. The number of nitrogens with zero attached hydrogens (tertiary/aromatic N) is 4. The first-order valence-electron chi connectivity index (χ1n) is 16.1. The van der Waals surface area contributed by atoms with Crippen LogP contribution in [-0.4, -0.2) is 44.9 Å². The maximum absolute atomic E-state index is 14.3. The molecule has 1 amide bonds. The number of hydrogen-bond donors (Lipinski definition) is 0. The van der Waals surface area contributed by atoms with Gasteiger partial charge in [0, 0.05) is 49.9 Å². The Morgan fingerprint density at radius 1 is 0.930 bits per heavy atom. The van der Waals surface area contributed by atoms with Crippen LogP contribution in [-0.2, 0) is 24.9 Å². The van der Waals surface area contributed by atoms with Gasteiger partial charge in [-0.25, -0.2) is 0 Å². The standard InChI is InChI=1S/C37H44N4O2/c1-39-35-17-9-8-16-32(35)23-33(36(39)42)26-41(37(43)31-14-6-3-7-15-31)27-34(29-12-4-2-5-13-29)30-18-21-40(22-19-30)25-28-11-10-20-38-24-28/h2,4-5,8-13,16-17,20,23-24,30-31,34H,3,6-7,14-15,18-19,21-22,25-27H2,1H3. The molecule has 6 nitrogen and oxygen atoms in total. The number of aryl methyl sites for hydroxylation is 1. The lowest BCUT2D eigenvalue weighted by Gasteiger charge is -2.39. The molecule has 2 fully saturated rings. The van der Waals surface area contributed by atoms with Gasteiger partial charge in [0.1, 0.15) is 0 Å². The van der Waals surface area contributed by atoms with Crippen molar-refractivity contribution in [2.45, 2.75) is 64.0 Å². The third kappa shape index (κ3) is 6.91. The molecule has 2 aromatic carbocycles. The lowest BCUT2D eigenvalue weighted by Crippen LogP contribution is -2.43. The van der Waals surface area contributed by atoms with Crippen LogP contribution in [0.5, 0.6) is 0 Å². The quantitative estimate of drug-likeness (QED) is 0.227. The molecule has 0 bridgehead atoms.